The van der Waals surface area contributed by atoms with E-state index in [0.29, 0.717) is 23.6 Å². The zero-order chi connectivity index (χ0) is 20.9. The van der Waals surface area contributed by atoms with Gasteiger partial charge in [-0.25, -0.2) is 14.4 Å². The summed E-state index contributed by atoms with van der Waals surface area (Å²) in [6.45, 7) is 9.42. The van der Waals surface area contributed by atoms with Gasteiger partial charge in [0, 0.05) is 0 Å². The summed E-state index contributed by atoms with van der Waals surface area (Å²) < 4.78 is 15.4. The minimum absolute atomic E-state index is 0.288. The lowest BCUT2D eigenvalue weighted by atomic mass is 10.1. The van der Waals surface area contributed by atoms with Gasteiger partial charge in [0.2, 0.25) is 0 Å². The molecular formula is C23H25NO5. The summed E-state index contributed by atoms with van der Waals surface area (Å²) in [6, 6.07) is 12.3. The molecule has 0 spiro atoms. The molecule has 6 heteroatoms. The largest absolute Gasteiger partial charge is 0.513 e. The molecule has 0 radical (unpaired) electrons. The second-order valence-electron chi connectivity index (χ2n) is 6.49. The minimum Gasteiger partial charge on any atom is -0.434 e. The van der Waals surface area contributed by atoms with E-state index in [1.54, 1.807) is 24.3 Å². The highest BCUT2D eigenvalue weighted by Gasteiger charge is 2.11. The van der Waals surface area contributed by atoms with Crippen LogP contribution in [0.25, 0.3) is 4.85 Å². The van der Waals surface area contributed by atoms with Crippen LogP contribution in [0.15, 0.2) is 48.5 Å². The number of benzene rings is 2. The van der Waals surface area contributed by atoms with Crippen LogP contribution in [0.3, 0.4) is 0 Å². The summed E-state index contributed by atoms with van der Waals surface area (Å²) in [7, 11) is 0. The molecule has 0 aliphatic heterocycles. The number of carbonyl (C=O) groups is 2. The number of ether oxygens (including phenoxy) is 3. The highest BCUT2D eigenvalue weighted by molar-refractivity contribution is 5.91. The van der Waals surface area contributed by atoms with E-state index in [0.717, 1.165) is 19.3 Å². The Kier molecular flexibility index (Phi) is 9.23. The Morgan fingerprint density at radius 3 is 2.07 bits per heavy atom. The molecule has 0 saturated heterocycles. The molecule has 0 aromatic heterocycles. The Bertz CT molecular complexity index is 822. The second-order valence-corrected chi connectivity index (χ2v) is 6.49. The molecular weight excluding hydrogens is 370 g/mol. The number of hydrogen-bond donors (Lipinski definition) is 0. The van der Waals surface area contributed by atoms with Crippen molar-refractivity contribution in [2.24, 2.45) is 0 Å². The molecule has 152 valence electrons. The van der Waals surface area contributed by atoms with Crippen LogP contribution in [0, 0.1) is 6.57 Å². The maximum Gasteiger partial charge on any atom is 0.513 e. The number of esters is 1. The molecule has 29 heavy (non-hydrogen) atoms. The fraction of sp³-hybridized carbons (Fsp3) is 0.348. The normalized spacial score (nSPS) is 10.1. The summed E-state index contributed by atoms with van der Waals surface area (Å²) in [5.74, 6) is 0.0923. The van der Waals surface area contributed by atoms with Crippen LogP contribution in [-0.4, -0.2) is 18.7 Å². The molecule has 6 nitrogen and oxygen atoms in total. The van der Waals surface area contributed by atoms with Gasteiger partial charge >= 0.3 is 12.1 Å². The standard InChI is InChI=1S/C23H25NO5/c1-3-4-5-6-7-8-17-27-23(26)29-21-13-9-18(10-14-21)22(25)28-20-15-11-19(24-2)12-16-20/h9-16H,3-8,17H2,1H3. The third kappa shape index (κ3) is 8.06. The fourth-order valence-electron chi connectivity index (χ4n) is 2.58. The van der Waals surface area contributed by atoms with Gasteiger partial charge < -0.3 is 14.2 Å². The highest BCUT2D eigenvalue weighted by Crippen LogP contribution is 2.20. The lowest BCUT2D eigenvalue weighted by Crippen LogP contribution is -2.12. The number of unbranched alkanes of at least 4 members (excludes halogenated alkanes) is 5. The fourth-order valence-corrected chi connectivity index (χ4v) is 2.58. The summed E-state index contributed by atoms with van der Waals surface area (Å²) in [5.41, 5.74) is 0.779. The monoisotopic (exact) mass is 395 g/mol. The zero-order valence-corrected chi connectivity index (χ0v) is 16.6. The van der Waals surface area contributed by atoms with Crippen molar-refractivity contribution in [3.8, 4) is 11.5 Å². The van der Waals surface area contributed by atoms with Gasteiger partial charge in [0.05, 0.1) is 18.7 Å². The Morgan fingerprint density at radius 2 is 1.41 bits per heavy atom. The maximum atomic E-state index is 12.2. The van der Waals surface area contributed by atoms with Crippen molar-refractivity contribution in [2.75, 3.05) is 6.61 Å². The molecule has 0 atom stereocenters. The molecule has 2 aromatic rings. The smallest absolute Gasteiger partial charge is 0.434 e. The summed E-state index contributed by atoms with van der Waals surface area (Å²) in [4.78, 5) is 27.1. The quantitative estimate of drug-likeness (QED) is 0.155. The van der Waals surface area contributed by atoms with Crippen LogP contribution >= 0.6 is 0 Å². The predicted molar refractivity (Wildman–Crippen MR) is 109 cm³/mol. The number of rotatable bonds is 10. The van der Waals surface area contributed by atoms with E-state index in [9.17, 15) is 9.59 Å². The van der Waals surface area contributed by atoms with Gasteiger partial charge in [-0.1, -0.05) is 51.2 Å². The van der Waals surface area contributed by atoms with E-state index < -0.39 is 12.1 Å². The van der Waals surface area contributed by atoms with Crippen molar-refractivity contribution in [3.63, 3.8) is 0 Å². The molecule has 0 amide bonds. The number of hydrogen-bond acceptors (Lipinski definition) is 5. The van der Waals surface area contributed by atoms with Crippen molar-refractivity contribution < 1.29 is 23.8 Å². The van der Waals surface area contributed by atoms with Gasteiger partial charge in [0.25, 0.3) is 0 Å². The third-order valence-corrected chi connectivity index (χ3v) is 4.19. The minimum atomic E-state index is -0.756. The summed E-state index contributed by atoms with van der Waals surface area (Å²) in [6.07, 6.45) is 5.89. The molecule has 0 aliphatic carbocycles. The van der Waals surface area contributed by atoms with Crippen LogP contribution in [0.1, 0.15) is 55.8 Å². The molecule has 0 unspecified atom stereocenters. The molecule has 0 heterocycles. The lowest BCUT2D eigenvalue weighted by molar-refractivity contribution is 0.0734. The first-order chi connectivity index (χ1) is 14.1. The second kappa shape index (κ2) is 12.2. The topological polar surface area (TPSA) is 66.2 Å². The van der Waals surface area contributed by atoms with Crippen LogP contribution in [0.4, 0.5) is 10.5 Å². The highest BCUT2D eigenvalue weighted by atomic mass is 16.7. The van der Waals surface area contributed by atoms with Crippen LogP contribution in [-0.2, 0) is 4.74 Å². The molecule has 0 aliphatic rings. The summed E-state index contributed by atoms with van der Waals surface area (Å²) >= 11 is 0. The van der Waals surface area contributed by atoms with Gasteiger partial charge in [-0.05, 0) is 42.8 Å². The number of carbonyl (C=O) groups excluding carboxylic acids is 2. The van der Waals surface area contributed by atoms with Crippen molar-refractivity contribution >= 4 is 17.8 Å². The van der Waals surface area contributed by atoms with E-state index in [1.165, 1.54) is 43.5 Å². The Morgan fingerprint density at radius 1 is 0.828 bits per heavy atom. The Hall–Kier alpha value is -3.33. The maximum absolute atomic E-state index is 12.2. The van der Waals surface area contributed by atoms with Crippen molar-refractivity contribution in [1.82, 2.24) is 0 Å². The Labute approximate surface area is 171 Å². The van der Waals surface area contributed by atoms with Gasteiger partial charge in [0.1, 0.15) is 11.5 Å². The molecule has 2 aromatic carbocycles. The molecule has 0 fully saturated rings. The van der Waals surface area contributed by atoms with E-state index in [-0.39, 0.29) is 5.75 Å². The third-order valence-electron chi connectivity index (χ3n) is 4.19. The van der Waals surface area contributed by atoms with Crippen LogP contribution in [0.5, 0.6) is 11.5 Å². The molecule has 0 bridgehead atoms. The van der Waals surface area contributed by atoms with Gasteiger partial charge in [-0.15, -0.1) is 0 Å². The van der Waals surface area contributed by atoms with Gasteiger partial charge in [0.15, 0.2) is 5.69 Å². The SMILES string of the molecule is [C-]#[N+]c1ccc(OC(=O)c2ccc(OC(=O)OCCCCCCCC)cc2)cc1. The van der Waals surface area contributed by atoms with Crippen LogP contribution < -0.4 is 9.47 Å². The van der Waals surface area contributed by atoms with Crippen molar-refractivity contribution in [3.05, 3.63) is 65.5 Å². The lowest BCUT2D eigenvalue weighted by Gasteiger charge is -2.07. The van der Waals surface area contributed by atoms with E-state index in [2.05, 4.69) is 11.8 Å². The van der Waals surface area contributed by atoms with Crippen molar-refractivity contribution in [1.29, 1.82) is 0 Å². The van der Waals surface area contributed by atoms with Crippen LogP contribution in [0.2, 0.25) is 0 Å². The average molecular weight is 395 g/mol. The first-order valence-electron chi connectivity index (χ1n) is 9.76. The zero-order valence-electron chi connectivity index (χ0n) is 16.6. The van der Waals surface area contributed by atoms with E-state index >= 15 is 0 Å². The van der Waals surface area contributed by atoms with E-state index in [4.69, 9.17) is 20.8 Å². The first kappa shape index (κ1) is 22.0. The summed E-state index contributed by atoms with van der Waals surface area (Å²) in [5, 5.41) is 0. The molecule has 2 rings (SSSR count). The predicted octanol–water partition coefficient (Wildman–Crippen LogP) is 6.33. The molecule has 0 N–H and O–H groups in total. The Balaban J connectivity index is 1.73. The number of nitrogens with zero attached hydrogens (tertiary/aromatic N) is 1. The molecule has 0 saturated carbocycles. The first-order valence-corrected chi connectivity index (χ1v) is 9.76. The van der Waals surface area contributed by atoms with Gasteiger partial charge in [-0.2, -0.15) is 0 Å². The van der Waals surface area contributed by atoms with Crippen molar-refractivity contribution in [2.45, 2.75) is 45.4 Å². The van der Waals surface area contributed by atoms with Gasteiger partial charge in [-0.3, -0.25) is 0 Å². The average Bonchev–Trinajstić information content (AvgIpc) is 2.74. The van der Waals surface area contributed by atoms with E-state index in [1.807, 2.05) is 0 Å².